The van der Waals surface area contributed by atoms with Crippen molar-refractivity contribution in [3.8, 4) is 5.75 Å². The molecule has 2 rings (SSSR count). The second-order valence-corrected chi connectivity index (χ2v) is 6.61. The van der Waals surface area contributed by atoms with E-state index in [9.17, 15) is 0 Å². The first kappa shape index (κ1) is 13.4. The van der Waals surface area contributed by atoms with Crippen LogP contribution in [-0.2, 0) is 5.41 Å². The lowest BCUT2D eigenvalue weighted by Gasteiger charge is -2.21. The van der Waals surface area contributed by atoms with E-state index in [0.29, 0.717) is 5.41 Å². The van der Waals surface area contributed by atoms with E-state index in [1.807, 2.05) is 6.07 Å². The Morgan fingerprint density at radius 1 is 1.28 bits per heavy atom. The summed E-state index contributed by atoms with van der Waals surface area (Å²) in [6.07, 6.45) is 3.62. The Morgan fingerprint density at radius 2 is 2.00 bits per heavy atom. The minimum absolute atomic E-state index is 0.175. The minimum atomic E-state index is 0.175. The zero-order valence-electron chi connectivity index (χ0n) is 11.8. The Balaban J connectivity index is 1.98. The van der Waals surface area contributed by atoms with Crippen molar-refractivity contribution < 1.29 is 4.74 Å². The zero-order chi connectivity index (χ0) is 13.2. The van der Waals surface area contributed by atoms with Gasteiger partial charge in [0.15, 0.2) is 0 Å². The first-order valence-corrected chi connectivity index (χ1v) is 6.89. The summed E-state index contributed by atoms with van der Waals surface area (Å²) >= 11 is 0. The molecule has 2 heteroatoms. The average molecular weight is 247 g/mol. The highest BCUT2D eigenvalue weighted by molar-refractivity contribution is 5.32. The quantitative estimate of drug-likeness (QED) is 0.864. The molecule has 1 saturated carbocycles. The highest BCUT2D eigenvalue weighted by Gasteiger charge is 2.42. The Bertz CT molecular complexity index is 402. The molecular weight excluding hydrogens is 222 g/mol. The average Bonchev–Trinajstić information content (AvgIpc) is 3.07. The van der Waals surface area contributed by atoms with Crippen molar-refractivity contribution in [2.45, 2.75) is 45.4 Å². The topological polar surface area (TPSA) is 35.2 Å². The lowest BCUT2D eigenvalue weighted by molar-refractivity contribution is 0.226. The maximum atomic E-state index is 5.97. The van der Waals surface area contributed by atoms with Gasteiger partial charge in [0.2, 0.25) is 0 Å². The van der Waals surface area contributed by atoms with E-state index in [-0.39, 0.29) is 5.41 Å². The molecule has 0 unspecified atom stereocenters. The monoisotopic (exact) mass is 247 g/mol. The molecular formula is C16H25NO. The number of rotatable bonds is 5. The molecule has 0 saturated heterocycles. The van der Waals surface area contributed by atoms with Gasteiger partial charge in [-0.15, -0.1) is 0 Å². The standard InChI is InChI=1S/C16H25NO/c1-15(2,3)13-5-4-6-14(11-13)18-12-16(7-8-16)9-10-17/h4-6,11H,7-10,12,17H2,1-3H3. The molecule has 0 aliphatic heterocycles. The van der Waals surface area contributed by atoms with Crippen LogP contribution in [-0.4, -0.2) is 13.2 Å². The van der Waals surface area contributed by atoms with Gasteiger partial charge in [0, 0.05) is 5.41 Å². The normalized spacial score (nSPS) is 17.6. The number of benzene rings is 1. The Morgan fingerprint density at radius 3 is 2.56 bits per heavy atom. The molecule has 18 heavy (non-hydrogen) atoms. The van der Waals surface area contributed by atoms with Crippen molar-refractivity contribution in [1.82, 2.24) is 0 Å². The van der Waals surface area contributed by atoms with E-state index >= 15 is 0 Å². The smallest absolute Gasteiger partial charge is 0.119 e. The van der Waals surface area contributed by atoms with E-state index in [1.165, 1.54) is 18.4 Å². The molecule has 1 fully saturated rings. The van der Waals surface area contributed by atoms with E-state index in [1.54, 1.807) is 0 Å². The third-order valence-corrected chi connectivity index (χ3v) is 3.88. The van der Waals surface area contributed by atoms with Gasteiger partial charge >= 0.3 is 0 Å². The molecule has 2 N–H and O–H groups in total. The van der Waals surface area contributed by atoms with Crippen molar-refractivity contribution in [2.75, 3.05) is 13.2 Å². The third kappa shape index (κ3) is 3.26. The molecule has 100 valence electrons. The SMILES string of the molecule is CC(C)(C)c1cccc(OCC2(CCN)CC2)c1. The molecule has 0 heterocycles. The first-order valence-electron chi connectivity index (χ1n) is 6.89. The maximum absolute atomic E-state index is 5.97. The Kier molecular flexibility index (Phi) is 3.67. The molecule has 0 amide bonds. The predicted molar refractivity (Wildman–Crippen MR) is 76.0 cm³/mol. The van der Waals surface area contributed by atoms with Crippen molar-refractivity contribution >= 4 is 0 Å². The lowest BCUT2D eigenvalue weighted by atomic mass is 9.87. The van der Waals surface area contributed by atoms with Crippen LogP contribution >= 0.6 is 0 Å². The third-order valence-electron chi connectivity index (χ3n) is 3.88. The van der Waals surface area contributed by atoms with Crippen LogP contribution in [0.4, 0.5) is 0 Å². The zero-order valence-corrected chi connectivity index (χ0v) is 11.8. The molecule has 1 aromatic carbocycles. The van der Waals surface area contributed by atoms with Gasteiger partial charge in [-0.1, -0.05) is 32.9 Å². The molecule has 0 aromatic heterocycles. The van der Waals surface area contributed by atoms with Crippen LogP contribution in [0.5, 0.6) is 5.75 Å². The predicted octanol–water partition coefficient (Wildman–Crippen LogP) is 3.49. The Hall–Kier alpha value is -1.02. The van der Waals surface area contributed by atoms with E-state index < -0.39 is 0 Å². The number of hydrogen-bond donors (Lipinski definition) is 1. The summed E-state index contributed by atoms with van der Waals surface area (Å²) in [7, 11) is 0. The van der Waals surface area contributed by atoms with Crippen LogP contribution in [0, 0.1) is 5.41 Å². The van der Waals surface area contributed by atoms with Crippen LogP contribution in [0.3, 0.4) is 0 Å². The van der Waals surface area contributed by atoms with E-state index in [0.717, 1.165) is 25.3 Å². The lowest BCUT2D eigenvalue weighted by Crippen LogP contribution is -2.18. The van der Waals surface area contributed by atoms with Crippen LogP contribution in [0.1, 0.15) is 45.6 Å². The van der Waals surface area contributed by atoms with Gasteiger partial charge in [-0.2, -0.15) is 0 Å². The second-order valence-electron chi connectivity index (χ2n) is 6.61. The van der Waals surface area contributed by atoms with Crippen molar-refractivity contribution in [3.05, 3.63) is 29.8 Å². The largest absolute Gasteiger partial charge is 0.493 e. The Labute approximate surface area is 111 Å². The van der Waals surface area contributed by atoms with Gasteiger partial charge in [0.1, 0.15) is 5.75 Å². The summed E-state index contributed by atoms with van der Waals surface area (Å²) < 4.78 is 5.97. The summed E-state index contributed by atoms with van der Waals surface area (Å²) in [4.78, 5) is 0. The number of ether oxygens (including phenoxy) is 1. The molecule has 0 bridgehead atoms. The number of hydrogen-bond acceptors (Lipinski definition) is 2. The minimum Gasteiger partial charge on any atom is -0.493 e. The maximum Gasteiger partial charge on any atom is 0.119 e. The van der Waals surface area contributed by atoms with Gasteiger partial charge in [0.25, 0.3) is 0 Å². The second kappa shape index (κ2) is 4.93. The number of nitrogens with two attached hydrogens (primary N) is 1. The van der Waals surface area contributed by atoms with Crippen LogP contribution in [0.15, 0.2) is 24.3 Å². The summed E-state index contributed by atoms with van der Waals surface area (Å²) in [5.41, 5.74) is 7.53. The highest BCUT2D eigenvalue weighted by atomic mass is 16.5. The summed E-state index contributed by atoms with van der Waals surface area (Å²) in [5.74, 6) is 0.991. The molecule has 2 nitrogen and oxygen atoms in total. The molecule has 1 aliphatic carbocycles. The van der Waals surface area contributed by atoms with E-state index in [4.69, 9.17) is 10.5 Å². The van der Waals surface area contributed by atoms with Gasteiger partial charge in [0.05, 0.1) is 6.61 Å². The summed E-state index contributed by atoms with van der Waals surface area (Å²) in [5, 5.41) is 0. The van der Waals surface area contributed by atoms with Crippen LogP contribution < -0.4 is 10.5 Å². The molecule has 0 atom stereocenters. The van der Waals surface area contributed by atoms with Crippen molar-refractivity contribution in [3.63, 3.8) is 0 Å². The van der Waals surface area contributed by atoms with Gasteiger partial charge in [-0.05, 0) is 48.9 Å². The van der Waals surface area contributed by atoms with Crippen LogP contribution in [0.25, 0.3) is 0 Å². The molecule has 0 spiro atoms. The molecule has 1 aromatic rings. The van der Waals surface area contributed by atoms with Crippen LogP contribution in [0.2, 0.25) is 0 Å². The van der Waals surface area contributed by atoms with Crippen molar-refractivity contribution in [1.29, 1.82) is 0 Å². The molecule has 0 radical (unpaired) electrons. The van der Waals surface area contributed by atoms with Gasteiger partial charge in [-0.3, -0.25) is 0 Å². The van der Waals surface area contributed by atoms with E-state index in [2.05, 4.69) is 39.0 Å². The fraction of sp³-hybridized carbons (Fsp3) is 0.625. The first-order chi connectivity index (χ1) is 8.45. The fourth-order valence-corrected chi connectivity index (χ4v) is 2.24. The van der Waals surface area contributed by atoms with Crippen molar-refractivity contribution in [2.24, 2.45) is 11.1 Å². The van der Waals surface area contributed by atoms with Gasteiger partial charge in [-0.25, -0.2) is 0 Å². The molecule has 1 aliphatic rings. The summed E-state index contributed by atoms with van der Waals surface area (Å²) in [6.45, 7) is 8.26. The fourth-order valence-electron chi connectivity index (χ4n) is 2.24. The van der Waals surface area contributed by atoms with Gasteiger partial charge < -0.3 is 10.5 Å². The highest BCUT2D eigenvalue weighted by Crippen LogP contribution is 2.48. The summed E-state index contributed by atoms with van der Waals surface area (Å²) in [6, 6.07) is 8.46.